The Morgan fingerprint density at radius 1 is 1.17 bits per heavy atom. The normalized spacial score (nSPS) is 10.6. The zero-order valence-corrected chi connectivity index (χ0v) is 13.6. The van der Waals surface area contributed by atoms with Crippen LogP contribution in [0.4, 0.5) is 5.69 Å². The number of anilines is 1. The van der Waals surface area contributed by atoms with E-state index in [2.05, 4.69) is 5.32 Å². The van der Waals surface area contributed by atoms with Gasteiger partial charge in [-0.2, -0.15) is 0 Å². The molecule has 0 aliphatic carbocycles. The van der Waals surface area contributed by atoms with E-state index in [4.69, 9.17) is 9.47 Å². The first-order chi connectivity index (χ1) is 11.1. The summed E-state index contributed by atoms with van der Waals surface area (Å²) in [6, 6.07) is 13.2. The van der Waals surface area contributed by atoms with Crippen molar-refractivity contribution in [3.63, 3.8) is 0 Å². The molecule has 0 saturated carbocycles. The molecule has 0 aliphatic heterocycles. The summed E-state index contributed by atoms with van der Waals surface area (Å²) in [6.07, 6.45) is 3.22. The van der Waals surface area contributed by atoms with Gasteiger partial charge in [0.2, 0.25) is 5.91 Å². The first-order valence-electron chi connectivity index (χ1n) is 7.49. The molecule has 1 N–H and O–H groups in total. The number of nitrogens with one attached hydrogen (secondary N) is 1. The lowest BCUT2D eigenvalue weighted by Crippen LogP contribution is -2.09. The first kappa shape index (κ1) is 16.6. The average Bonchev–Trinajstić information content (AvgIpc) is 2.54. The number of aryl methyl sites for hydroxylation is 1. The topological polar surface area (TPSA) is 47.6 Å². The van der Waals surface area contributed by atoms with Gasteiger partial charge in [-0.15, -0.1) is 0 Å². The third-order valence-corrected chi connectivity index (χ3v) is 3.25. The predicted octanol–water partition coefficient (Wildman–Crippen LogP) is 4.05. The smallest absolute Gasteiger partial charge is 0.248 e. The number of carbonyl (C=O) groups excluding carboxylic acids is 1. The van der Waals surface area contributed by atoms with Crippen molar-refractivity contribution in [1.29, 1.82) is 0 Å². The molecule has 0 fully saturated rings. The van der Waals surface area contributed by atoms with Crippen molar-refractivity contribution in [2.45, 2.75) is 13.8 Å². The second kappa shape index (κ2) is 8.03. The molecule has 120 valence electrons. The number of hydrogen-bond acceptors (Lipinski definition) is 3. The maximum Gasteiger partial charge on any atom is 0.248 e. The van der Waals surface area contributed by atoms with Crippen LogP contribution in [0.1, 0.15) is 18.1 Å². The molecule has 0 unspecified atom stereocenters. The number of amides is 1. The Bertz CT molecular complexity index is 708. The maximum absolute atomic E-state index is 12.1. The monoisotopic (exact) mass is 311 g/mol. The van der Waals surface area contributed by atoms with Crippen molar-refractivity contribution in [1.82, 2.24) is 0 Å². The van der Waals surface area contributed by atoms with Gasteiger partial charge in [0.25, 0.3) is 0 Å². The molecule has 0 radical (unpaired) electrons. The molecule has 2 rings (SSSR count). The Labute approximate surface area is 136 Å². The highest BCUT2D eigenvalue weighted by molar-refractivity contribution is 6.03. The molecule has 23 heavy (non-hydrogen) atoms. The van der Waals surface area contributed by atoms with Crippen LogP contribution >= 0.6 is 0 Å². The molecule has 0 heterocycles. The summed E-state index contributed by atoms with van der Waals surface area (Å²) in [5.41, 5.74) is 2.56. The lowest BCUT2D eigenvalue weighted by atomic mass is 10.2. The van der Waals surface area contributed by atoms with E-state index < -0.39 is 0 Å². The van der Waals surface area contributed by atoms with E-state index in [9.17, 15) is 4.79 Å². The van der Waals surface area contributed by atoms with Gasteiger partial charge in [-0.05, 0) is 43.7 Å². The minimum absolute atomic E-state index is 0.222. The van der Waals surface area contributed by atoms with E-state index in [0.717, 1.165) is 16.9 Å². The van der Waals surface area contributed by atoms with E-state index in [1.807, 2.05) is 56.3 Å². The number of ether oxygens (including phenoxy) is 2. The quantitative estimate of drug-likeness (QED) is 0.819. The van der Waals surface area contributed by atoms with Crippen LogP contribution in [0.3, 0.4) is 0 Å². The minimum Gasteiger partial charge on any atom is -0.495 e. The molecule has 0 saturated heterocycles. The molecule has 0 aromatic heterocycles. The van der Waals surface area contributed by atoms with Crippen LogP contribution in [0.15, 0.2) is 48.5 Å². The van der Waals surface area contributed by atoms with Gasteiger partial charge in [0, 0.05) is 11.6 Å². The van der Waals surface area contributed by atoms with Crippen molar-refractivity contribution in [3.05, 3.63) is 59.7 Å². The van der Waals surface area contributed by atoms with Crippen LogP contribution in [-0.4, -0.2) is 19.6 Å². The maximum atomic E-state index is 12.1. The Balaban J connectivity index is 2.12. The second-order valence-electron chi connectivity index (χ2n) is 5.00. The van der Waals surface area contributed by atoms with Crippen molar-refractivity contribution in [3.8, 4) is 11.5 Å². The Morgan fingerprint density at radius 3 is 2.70 bits per heavy atom. The van der Waals surface area contributed by atoms with Gasteiger partial charge in [-0.1, -0.05) is 24.3 Å². The van der Waals surface area contributed by atoms with E-state index >= 15 is 0 Å². The number of rotatable bonds is 6. The molecular weight excluding hydrogens is 290 g/mol. The van der Waals surface area contributed by atoms with Gasteiger partial charge in [-0.25, -0.2) is 0 Å². The number of hydrogen-bond donors (Lipinski definition) is 1. The van der Waals surface area contributed by atoms with Crippen LogP contribution in [0.25, 0.3) is 6.08 Å². The van der Waals surface area contributed by atoms with Crippen molar-refractivity contribution >= 4 is 17.7 Å². The van der Waals surface area contributed by atoms with Crippen LogP contribution < -0.4 is 14.8 Å². The lowest BCUT2D eigenvalue weighted by Gasteiger charge is -2.10. The summed E-state index contributed by atoms with van der Waals surface area (Å²) in [6.45, 7) is 4.47. The van der Waals surface area contributed by atoms with E-state index in [1.165, 1.54) is 6.08 Å². The Hall–Kier alpha value is -2.75. The zero-order valence-electron chi connectivity index (χ0n) is 13.6. The minimum atomic E-state index is -0.222. The van der Waals surface area contributed by atoms with Crippen molar-refractivity contribution < 1.29 is 14.3 Å². The fourth-order valence-corrected chi connectivity index (χ4v) is 2.16. The summed E-state index contributed by atoms with van der Waals surface area (Å²) in [5.74, 6) is 1.17. The molecule has 0 atom stereocenters. The van der Waals surface area contributed by atoms with Crippen molar-refractivity contribution in [2.24, 2.45) is 0 Å². The molecule has 2 aromatic carbocycles. The summed E-state index contributed by atoms with van der Waals surface area (Å²) < 4.78 is 10.8. The fourth-order valence-electron chi connectivity index (χ4n) is 2.16. The van der Waals surface area contributed by atoms with Gasteiger partial charge >= 0.3 is 0 Å². The molecule has 0 bridgehead atoms. The summed E-state index contributed by atoms with van der Waals surface area (Å²) >= 11 is 0. The summed E-state index contributed by atoms with van der Waals surface area (Å²) in [4.78, 5) is 12.1. The highest BCUT2D eigenvalue weighted by atomic mass is 16.5. The number of para-hydroxylation sites is 1. The van der Waals surface area contributed by atoms with E-state index in [0.29, 0.717) is 18.0 Å². The standard InChI is InChI=1S/C19H21NO3/c1-4-23-17-8-6-5-7-15(17)10-12-19(21)20-16-13-14(2)9-11-18(16)22-3/h5-13H,4H2,1-3H3,(H,20,21)/b12-10+. The molecule has 1 amide bonds. The van der Waals surface area contributed by atoms with Gasteiger partial charge in [0.1, 0.15) is 11.5 Å². The first-order valence-corrected chi connectivity index (χ1v) is 7.49. The SMILES string of the molecule is CCOc1ccccc1/C=C/C(=O)Nc1cc(C)ccc1OC. The van der Waals surface area contributed by atoms with Gasteiger partial charge in [-0.3, -0.25) is 4.79 Å². The summed E-state index contributed by atoms with van der Waals surface area (Å²) in [5, 5.41) is 2.83. The Kier molecular flexibility index (Phi) is 5.80. The predicted molar refractivity (Wildman–Crippen MR) is 93.0 cm³/mol. The molecule has 2 aromatic rings. The number of benzene rings is 2. The van der Waals surface area contributed by atoms with Crippen LogP contribution in [-0.2, 0) is 4.79 Å². The molecule has 4 nitrogen and oxygen atoms in total. The molecular formula is C19H21NO3. The van der Waals surface area contributed by atoms with E-state index in [1.54, 1.807) is 13.2 Å². The van der Waals surface area contributed by atoms with Crippen LogP contribution in [0, 0.1) is 6.92 Å². The number of carbonyl (C=O) groups is 1. The molecule has 4 heteroatoms. The van der Waals surface area contributed by atoms with Gasteiger partial charge in [0.15, 0.2) is 0 Å². The Morgan fingerprint density at radius 2 is 1.96 bits per heavy atom. The lowest BCUT2D eigenvalue weighted by molar-refractivity contribution is -0.111. The fraction of sp³-hybridized carbons (Fsp3) is 0.211. The van der Waals surface area contributed by atoms with Gasteiger partial charge in [0.05, 0.1) is 19.4 Å². The average molecular weight is 311 g/mol. The van der Waals surface area contributed by atoms with Crippen LogP contribution in [0.2, 0.25) is 0 Å². The second-order valence-corrected chi connectivity index (χ2v) is 5.00. The molecule has 0 spiro atoms. The third-order valence-electron chi connectivity index (χ3n) is 3.25. The van der Waals surface area contributed by atoms with E-state index in [-0.39, 0.29) is 5.91 Å². The van der Waals surface area contributed by atoms with Crippen LogP contribution in [0.5, 0.6) is 11.5 Å². The number of methoxy groups -OCH3 is 1. The molecule has 0 aliphatic rings. The highest BCUT2D eigenvalue weighted by Gasteiger charge is 2.06. The zero-order chi connectivity index (χ0) is 16.7. The summed E-state index contributed by atoms with van der Waals surface area (Å²) in [7, 11) is 1.58. The van der Waals surface area contributed by atoms with Gasteiger partial charge < -0.3 is 14.8 Å². The largest absolute Gasteiger partial charge is 0.495 e. The third kappa shape index (κ3) is 4.61. The van der Waals surface area contributed by atoms with Crippen molar-refractivity contribution in [2.75, 3.05) is 19.0 Å². The highest BCUT2D eigenvalue weighted by Crippen LogP contribution is 2.25.